The maximum Gasteiger partial charge on any atom is 0.368 e. The molecule has 0 N–H and O–H groups in total. The van der Waals surface area contributed by atoms with Gasteiger partial charge in [-0.2, -0.15) is 13.2 Å². The summed E-state index contributed by atoms with van der Waals surface area (Å²) in [6.45, 7) is 0. The highest BCUT2D eigenvalue weighted by Crippen LogP contribution is 2.43. The van der Waals surface area contributed by atoms with Crippen LogP contribution in [0.15, 0.2) is 0 Å². The molecule has 0 aliphatic carbocycles. The molecule has 0 aromatic heterocycles. The highest BCUT2D eigenvalue weighted by Gasteiger charge is 2.51. The van der Waals surface area contributed by atoms with Crippen LogP contribution in [0.25, 0.3) is 0 Å². The van der Waals surface area contributed by atoms with Crippen molar-refractivity contribution in [3.05, 3.63) is 0 Å². The summed E-state index contributed by atoms with van der Waals surface area (Å²) in [6.07, 6.45) is 0. The summed E-state index contributed by atoms with van der Waals surface area (Å²) in [4.78, 5) is -3.64. The van der Waals surface area contributed by atoms with Gasteiger partial charge in [0.1, 0.15) is 0 Å². The van der Waals surface area contributed by atoms with Crippen LogP contribution in [0.2, 0.25) is 0 Å². The van der Waals surface area contributed by atoms with Gasteiger partial charge in [0.2, 0.25) is 0 Å². The van der Waals surface area contributed by atoms with Crippen molar-refractivity contribution in [2.45, 2.75) is 8.69 Å². The topological polar surface area (TPSA) is 9.23 Å². The number of halogens is 5. The summed E-state index contributed by atoms with van der Waals surface area (Å²) in [5.74, 6) is 0. The van der Waals surface area contributed by atoms with Gasteiger partial charge in [-0.1, -0.05) is 0 Å². The zero-order valence-electron chi connectivity index (χ0n) is 4.30. The lowest BCUT2D eigenvalue weighted by Gasteiger charge is -2.20. The standard InChI is InChI=1S/C3H3BrF3IO/c1-9-3(7,8)2(4,5)6/h1H3. The number of rotatable bonds is 2. The highest BCUT2D eigenvalue weighted by atomic mass is 127. The molecule has 0 fully saturated rings. The molecule has 0 aliphatic rings. The maximum absolute atomic E-state index is 12.3. The number of alkyl halides is 5. The molecule has 56 valence electrons. The zero-order valence-corrected chi connectivity index (χ0v) is 8.04. The van der Waals surface area contributed by atoms with E-state index < -0.39 is 8.69 Å². The summed E-state index contributed by atoms with van der Waals surface area (Å²) in [7, 11) is 0.863. The molecule has 1 nitrogen and oxygen atoms in total. The summed E-state index contributed by atoms with van der Waals surface area (Å²) in [5.41, 5.74) is 0. The molecule has 6 heteroatoms. The van der Waals surface area contributed by atoms with Crippen molar-refractivity contribution < 1.29 is 17.9 Å². The predicted molar refractivity (Wildman–Crippen MR) is 38.7 cm³/mol. The average Bonchev–Trinajstić information content (AvgIpc) is 1.64. The quantitative estimate of drug-likeness (QED) is 0.562. The van der Waals surface area contributed by atoms with Crippen molar-refractivity contribution >= 4 is 38.5 Å². The van der Waals surface area contributed by atoms with E-state index in [0.29, 0.717) is 0 Å². The normalized spacial score (nSPS) is 19.3. The van der Waals surface area contributed by atoms with Crippen LogP contribution in [0.4, 0.5) is 13.2 Å². The van der Waals surface area contributed by atoms with Gasteiger partial charge in [-0.15, -0.1) is 0 Å². The van der Waals surface area contributed by atoms with E-state index in [0.717, 1.165) is 29.7 Å². The molecular formula is C3H3BrF3IO. The molecular weight excluding hydrogens is 316 g/mol. The minimum Gasteiger partial charge on any atom is -0.336 e. The van der Waals surface area contributed by atoms with Gasteiger partial charge in [-0.3, -0.25) is 0 Å². The largest absolute Gasteiger partial charge is 0.368 e. The predicted octanol–water partition coefficient (Wildman–Crippen LogP) is 2.68. The molecule has 0 aliphatic heterocycles. The van der Waals surface area contributed by atoms with Crippen molar-refractivity contribution in [1.82, 2.24) is 0 Å². The number of hydrogen-bond donors (Lipinski definition) is 0. The smallest absolute Gasteiger partial charge is 0.336 e. The fraction of sp³-hybridized carbons (Fsp3) is 1.00. The average molecular weight is 319 g/mol. The first-order valence-electron chi connectivity index (χ1n) is 1.81. The molecule has 0 aromatic rings. The Morgan fingerprint density at radius 2 is 1.78 bits per heavy atom. The molecule has 0 bridgehead atoms. The molecule has 1 unspecified atom stereocenters. The van der Waals surface area contributed by atoms with Crippen LogP contribution < -0.4 is 0 Å². The Labute approximate surface area is 72.2 Å². The molecule has 9 heavy (non-hydrogen) atoms. The van der Waals surface area contributed by atoms with Crippen molar-refractivity contribution in [3.63, 3.8) is 0 Å². The molecule has 1 atom stereocenters. The minimum absolute atomic E-state index is 0.861. The Hall–Kier alpha value is 0.960. The van der Waals surface area contributed by atoms with Crippen LogP contribution in [0, 0.1) is 0 Å². The Morgan fingerprint density at radius 1 is 1.44 bits per heavy atom. The van der Waals surface area contributed by atoms with Crippen LogP contribution in [-0.2, 0) is 4.74 Å². The van der Waals surface area contributed by atoms with Gasteiger partial charge in [0.25, 0.3) is 0 Å². The van der Waals surface area contributed by atoms with Gasteiger partial charge in [0, 0.05) is 29.7 Å². The monoisotopic (exact) mass is 318 g/mol. The fourth-order valence-electron chi connectivity index (χ4n) is 0.116. The van der Waals surface area contributed by atoms with E-state index in [2.05, 4.69) is 4.74 Å². The van der Waals surface area contributed by atoms with Gasteiger partial charge < -0.3 is 4.74 Å². The SMILES string of the molecule is COC(F)(I)C(F)(F)Br. The molecule has 0 heterocycles. The first-order valence-corrected chi connectivity index (χ1v) is 3.68. The fourth-order valence-corrected chi connectivity index (χ4v) is 0.278. The van der Waals surface area contributed by atoms with E-state index in [1.807, 2.05) is 15.9 Å². The third-order valence-corrected chi connectivity index (χ3v) is 2.96. The zero-order chi connectivity index (χ0) is 7.71. The van der Waals surface area contributed by atoms with Crippen molar-refractivity contribution in [1.29, 1.82) is 0 Å². The first kappa shape index (κ1) is 9.96. The first-order chi connectivity index (χ1) is 3.81. The van der Waals surface area contributed by atoms with Gasteiger partial charge in [-0.05, 0) is 15.9 Å². The molecule has 0 saturated heterocycles. The Bertz CT molecular complexity index is 102. The van der Waals surface area contributed by atoms with Crippen molar-refractivity contribution in [2.75, 3.05) is 7.11 Å². The molecule has 0 amide bonds. The number of ether oxygens (including phenoxy) is 1. The van der Waals surface area contributed by atoms with E-state index >= 15 is 0 Å². The molecule has 0 aromatic carbocycles. The van der Waals surface area contributed by atoms with Gasteiger partial charge in [0.15, 0.2) is 0 Å². The van der Waals surface area contributed by atoms with E-state index in [-0.39, 0.29) is 0 Å². The molecule has 0 rings (SSSR count). The summed E-state index contributed by atoms with van der Waals surface area (Å²) in [6, 6.07) is 0. The van der Waals surface area contributed by atoms with Gasteiger partial charge in [0.05, 0.1) is 0 Å². The van der Waals surface area contributed by atoms with Crippen LogP contribution in [0.3, 0.4) is 0 Å². The Balaban J connectivity index is 4.14. The summed E-state index contributed by atoms with van der Waals surface area (Å²) >= 11 is 2.68. The molecule has 0 radical (unpaired) electrons. The second kappa shape index (κ2) is 2.91. The Kier molecular flexibility index (Phi) is 3.22. The lowest BCUT2D eigenvalue weighted by molar-refractivity contribution is -0.139. The van der Waals surface area contributed by atoms with Crippen molar-refractivity contribution in [3.8, 4) is 0 Å². The van der Waals surface area contributed by atoms with E-state index in [9.17, 15) is 13.2 Å². The minimum atomic E-state index is -3.64. The van der Waals surface area contributed by atoms with Crippen LogP contribution in [-0.4, -0.2) is 15.8 Å². The molecule has 0 saturated carbocycles. The van der Waals surface area contributed by atoms with Gasteiger partial charge >= 0.3 is 8.69 Å². The number of hydrogen-bond acceptors (Lipinski definition) is 1. The van der Waals surface area contributed by atoms with Crippen molar-refractivity contribution in [2.24, 2.45) is 0 Å². The summed E-state index contributed by atoms with van der Waals surface area (Å²) in [5, 5.41) is 0. The van der Waals surface area contributed by atoms with Gasteiger partial charge in [-0.25, -0.2) is 0 Å². The van der Waals surface area contributed by atoms with E-state index in [1.165, 1.54) is 0 Å². The summed E-state index contributed by atoms with van der Waals surface area (Å²) < 4.78 is 37.0. The maximum atomic E-state index is 12.3. The number of methoxy groups -OCH3 is 1. The second-order valence-corrected chi connectivity index (χ2v) is 3.60. The third kappa shape index (κ3) is 2.58. The lowest BCUT2D eigenvalue weighted by atomic mass is 10.7. The van der Waals surface area contributed by atoms with E-state index in [4.69, 9.17) is 0 Å². The van der Waals surface area contributed by atoms with E-state index in [1.54, 1.807) is 0 Å². The Morgan fingerprint density at radius 3 is 1.78 bits per heavy atom. The lowest BCUT2D eigenvalue weighted by Crippen LogP contribution is -2.34. The highest BCUT2D eigenvalue weighted by molar-refractivity contribution is 14.1. The molecule has 0 spiro atoms. The van der Waals surface area contributed by atoms with Crippen LogP contribution in [0.1, 0.15) is 0 Å². The second-order valence-electron chi connectivity index (χ2n) is 1.22. The van der Waals surface area contributed by atoms with Crippen LogP contribution >= 0.6 is 38.5 Å². The van der Waals surface area contributed by atoms with Crippen LogP contribution in [0.5, 0.6) is 0 Å². The third-order valence-electron chi connectivity index (χ3n) is 0.586.